The van der Waals surface area contributed by atoms with Crippen LogP contribution >= 0.6 is 0 Å². The number of nitrogens with zero attached hydrogens (tertiary/aromatic N) is 4. The Balaban J connectivity index is 1.64. The number of carbonyl (C=O) groups is 1. The van der Waals surface area contributed by atoms with Crippen molar-refractivity contribution in [3.8, 4) is 22.9 Å². The molecular formula is C27H26N6O3. The third-order valence-electron chi connectivity index (χ3n) is 5.86. The Morgan fingerprint density at radius 2 is 2.00 bits per heavy atom. The van der Waals surface area contributed by atoms with Gasteiger partial charge in [-0.05, 0) is 44.2 Å². The summed E-state index contributed by atoms with van der Waals surface area (Å²) in [5.41, 5.74) is 3.38. The highest BCUT2D eigenvalue weighted by atomic mass is 16.5. The lowest BCUT2D eigenvalue weighted by molar-refractivity contribution is -0.113. The topological polar surface area (TPSA) is 103 Å². The predicted molar refractivity (Wildman–Crippen MR) is 137 cm³/mol. The summed E-state index contributed by atoms with van der Waals surface area (Å²) in [5, 5.41) is 11.1. The Kier molecular flexibility index (Phi) is 6.36. The van der Waals surface area contributed by atoms with Crippen molar-refractivity contribution in [2.24, 2.45) is 0 Å². The van der Waals surface area contributed by atoms with Crippen molar-refractivity contribution in [3.63, 3.8) is 0 Å². The van der Waals surface area contributed by atoms with E-state index in [0.29, 0.717) is 46.8 Å². The number of amides is 1. The zero-order chi connectivity index (χ0) is 25.1. The zero-order valence-corrected chi connectivity index (χ0v) is 20.2. The molecule has 1 aliphatic heterocycles. The average molecular weight is 483 g/mol. The maximum Gasteiger partial charge on any atom is 0.255 e. The first-order valence-electron chi connectivity index (χ1n) is 11.6. The van der Waals surface area contributed by atoms with Crippen molar-refractivity contribution < 1.29 is 14.3 Å². The van der Waals surface area contributed by atoms with Crippen molar-refractivity contribution in [3.05, 3.63) is 89.9 Å². The van der Waals surface area contributed by atoms with E-state index in [-0.39, 0.29) is 5.91 Å². The molecule has 9 nitrogen and oxygen atoms in total. The molecule has 182 valence electrons. The lowest BCUT2D eigenvalue weighted by Gasteiger charge is -2.29. The van der Waals surface area contributed by atoms with Crippen LogP contribution in [0.5, 0.6) is 11.5 Å². The Morgan fingerprint density at radius 1 is 1.14 bits per heavy atom. The number of carbonyl (C=O) groups excluding carboxylic acids is 1. The van der Waals surface area contributed by atoms with Gasteiger partial charge in [0.05, 0.1) is 31.2 Å². The highest BCUT2D eigenvalue weighted by Crippen LogP contribution is 2.40. The fourth-order valence-electron chi connectivity index (χ4n) is 4.25. The molecule has 0 aliphatic carbocycles. The number of anilines is 2. The van der Waals surface area contributed by atoms with Gasteiger partial charge in [-0.1, -0.05) is 30.3 Å². The van der Waals surface area contributed by atoms with Crippen LogP contribution in [0, 0.1) is 0 Å². The van der Waals surface area contributed by atoms with Gasteiger partial charge < -0.3 is 20.1 Å². The van der Waals surface area contributed by atoms with Crippen LogP contribution in [-0.2, 0) is 4.79 Å². The summed E-state index contributed by atoms with van der Waals surface area (Å²) < 4.78 is 13.1. The zero-order valence-electron chi connectivity index (χ0n) is 20.2. The van der Waals surface area contributed by atoms with Crippen molar-refractivity contribution in [1.82, 2.24) is 19.7 Å². The molecule has 2 aromatic heterocycles. The smallest absolute Gasteiger partial charge is 0.255 e. The van der Waals surface area contributed by atoms with E-state index in [9.17, 15) is 4.79 Å². The summed E-state index contributed by atoms with van der Waals surface area (Å²) in [5.74, 6) is 2.15. The van der Waals surface area contributed by atoms with Crippen LogP contribution in [0.2, 0.25) is 0 Å². The first-order valence-corrected chi connectivity index (χ1v) is 11.6. The summed E-state index contributed by atoms with van der Waals surface area (Å²) in [7, 11) is 1.62. The molecule has 0 spiro atoms. The van der Waals surface area contributed by atoms with Crippen molar-refractivity contribution in [1.29, 1.82) is 0 Å². The van der Waals surface area contributed by atoms with Gasteiger partial charge in [-0.3, -0.25) is 9.78 Å². The number of ether oxygens (including phenoxy) is 2. The molecule has 0 radical (unpaired) electrons. The van der Waals surface area contributed by atoms with E-state index in [1.165, 1.54) is 0 Å². The van der Waals surface area contributed by atoms with Crippen molar-refractivity contribution in [2.75, 3.05) is 24.4 Å². The number of pyridine rings is 1. The first kappa shape index (κ1) is 23.1. The highest BCUT2D eigenvalue weighted by molar-refractivity contribution is 6.06. The van der Waals surface area contributed by atoms with Crippen molar-refractivity contribution >= 4 is 17.5 Å². The number of methoxy groups -OCH3 is 1. The highest BCUT2D eigenvalue weighted by Gasteiger charge is 2.36. The number of rotatable bonds is 7. The van der Waals surface area contributed by atoms with Crippen molar-refractivity contribution in [2.45, 2.75) is 19.9 Å². The number of hydrogen-bond acceptors (Lipinski definition) is 7. The molecule has 1 unspecified atom stereocenters. The number of hydrogen-bond donors (Lipinski definition) is 2. The Labute approximate surface area is 208 Å². The molecule has 0 fully saturated rings. The summed E-state index contributed by atoms with van der Waals surface area (Å²) in [4.78, 5) is 22.5. The number of fused-ring (bicyclic) bond motifs is 1. The van der Waals surface area contributed by atoms with Gasteiger partial charge in [0.25, 0.3) is 5.91 Å². The van der Waals surface area contributed by atoms with Gasteiger partial charge in [-0.15, -0.1) is 5.10 Å². The number of aromatic nitrogens is 4. The van der Waals surface area contributed by atoms with Gasteiger partial charge in [0.2, 0.25) is 5.95 Å². The third kappa shape index (κ3) is 4.38. The number of nitrogens with one attached hydrogen (secondary N) is 2. The molecule has 1 atom stereocenters. The third-order valence-corrected chi connectivity index (χ3v) is 5.86. The van der Waals surface area contributed by atoms with E-state index >= 15 is 0 Å². The molecule has 2 aromatic carbocycles. The van der Waals surface area contributed by atoms with E-state index in [2.05, 4.69) is 15.6 Å². The lowest BCUT2D eigenvalue weighted by atomic mass is 9.94. The Bertz CT molecular complexity index is 1430. The summed E-state index contributed by atoms with van der Waals surface area (Å²) >= 11 is 0. The number of benzene rings is 2. The maximum absolute atomic E-state index is 13.6. The van der Waals surface area contributed by atoms with E-state index in [4.69, 9.17) is 19.6 Å². The van der Waals surface area contributed by atoms with Crippen LogP contribution in [-0.4, -0.2) is 39.4 Å². The standard InChI is InChI=1S/C27H26N6O3/c1-4-36-22-13-6-5-12-21(22)24-23(26(34)30-19-10-8-14-28-16-19)17(2)29-27-31-25(32-33(24)27)18-9-7-11-20(15-18)35-3/h5-16,24H,4H2,1-3H3,(H,30,34)(H,29,31,32). The molecule has 9 heteroatoms. The van der Waals surface area contributed by atoms with Crippen LogP contribution in [0.15, 0.2) is 84.3 Å². The van der Waals surface area contributed by atoms with Gasteiger partial charge >= 0.3 is 0 Å². The number of para-hydroxylation sites is 1. The van der Waals surface area contributed by atoms with E-state index in [1.807, 2.05) is 62.4 Å². The molecule has 2 N–H and O–H groups in total. The summed E-state index contributed by atoms with van der Waals surface area (Å²) in [6, 6.07) is 18.2. The first-order chi connectivity index (χ1) is 17.6. The quantitative estimate of drug-likeness (QED) is 0.394. The molecule has 3 heterocycles. The summed E-state index contributed by atoms with van der Waals surface area (Å²) in [6.07, 6.45) is 3.26. The molecule has 0 bridgehead atoms. The predicted octanol–water partition coefficient (Wildman–Crippen LogP) is 4.68. The van der Waals surface area contributed by atoms with Gasteiger partial charge in [-0.25, -0.2) is 4.68 Å². The van der Waals surface area contributed by atoms with Crippen LogP contribution in [0.25, 0.3) is 11.4 Å². The maximum atomic E-state index is 13.6. The molecule has 5 rings (SSSR count). The fourth-order valence-corrected chi connectivity index (χ4v) is 4.25. The monoisotopic (exact) mass is 482 g/mol. The minimum absolute atomic E-state index is 0.270. The van der Waals surface area contributed by atoms with Crippen LogP contribution < -0.4 is 20.1 Å². The van der Waals surface area contributed by atoms with Crippen LogP contribution in [0.4, 0.5) is 11.6 Å². The second kappa shape index (κ2) is 9.91. The normalized spacial score (nSPS) is 14.6. The van der Waals surface area contributed by atoms with Crippen LogP contribution in [0.3, 0.4) is 0 Å². The molecule has 0 saturated carbocycles. The largest absolute Gasteiger partial charge is 0.497 e. The second-order valence-corrected chi connectivity index (χ2v) is 8.17. The Hall–Kier alpha value is -4.66. The van der Waals surface area contributed by atoms with E-state index < -0.39 is 6.04 Å². The summed E-state index contributed by atoms with van der Waals surface area (Å²) in [6.45, 7) is 4.27. The van der Waals surface area contributed by atoms with E-state index in [0.717, 1.165) is 11.1 Å². The van der Waals surface area contributed by atoms with Crippen LogP contribution in [0.1, 0.15) is 25.5 Å². The minimum atomic E-state index is -0.576. The number of allylic oxidation sites excluding steroid dienone is 1. The molecule has 36 heavy (non-hydrogen) atoms. The minimum Gasteiger partial charge on any atom is -0.497 e. The lowest BCUT2D eigenvalue weighted by Crippen LogP contribution is -2.31. The molecule has 0 saturated heterocycles. The van der Waals surface area contributed by atoms with Gasteiger partial charge in [-0.2, -0.15) is 4.98 Å². The molecule has 1 aliphatic rings. The van der Waals surface area contributed by atoms with Gasteiger partial charge in [0.1, 0.15) is 17.5 Å². The van der Waals surface area contributed by atoms with Gasteiger partial charge in [0, 0.05) is 23.0 Å². The SMILES string of the molecule is CCOc1ccccc1C1C(C(=O)Nc2cccnc2)=C(C)Nc2nc(-c3cccc(OC)c3)nn21. The Morgan fingerprint density at radius 3 is 2.78 bits per heavy atom. The molecule has 4 aromatic rings. The van der Waals surface area contributed by atoms with Gasteiger partial charge in [0.15, 0.2) is 5.82 Å². The molecular weight excluding hydrogens is 456 g/mol. The molecule has 1 amide bonds. The fraction of sp³-hybridized carbons (Fsp3) is 0.185. The average Bonchev–Trinajstić information content (AvgIpc) is 3.33. The van der Waals surface area contributed by atoms with E-state index in [1.54, 1.807) is 36.3 Å². The second-order valence-electron chi connectivity index (χ2n) is 8.17.